The molecule has 0 bridgehead atoms. The van der Waals surface area contributed by atoms with E-state index in [1.54, 1.807) is 29.1 Å². The van der Waals surface area contributed by atoms with E-state index in [1.807, 2.05) is 12.1 Å². The lowest BCUT2D eigenvalue weighted by molar-refractivity contribution is 0.356. The lowest BCUT2D eigenvalue weighted by Gasteiger charge is -2.13. The molecule has 0 saturated heterocycles. The third kappa shape index (κ3) is 2.84. The minimum atomic E-state index is -0.284. The molecule has 0 radical (unpaired) electrons. The molecule has 1 aromatic carbocycles. The molecular weight excluding hydrogens is 371 g/mol. The molecule has 5 rings (SSSR count). The van der Waals surface area contributed by atoms with Crippen molar-refractivity contribution in [2.75, 3.05) is 11.9 Å². The van der Waals surface area contributed by atoms with Gasteiger partial charge in [0.05, 0.1) is 12.1 Å². The first-order chi connectivity index (χ1) is 14.3. The molecule has 0 saturated carbocycles. The first-order valence-corrected chi connectivity index (χ1v) is 9.09. The largest absolute Gasteiger partial charge is 0.493 e. The Hall–Kier alpha value is -3.99. The van der Waals surface area contributed by atoms with Gasteiger partial charge in [-0.15, -0.1) is 0 Å². The number of anilines is 1. The van der Waals surface area contributed by atoms with Gasteiger partial charge in [-0.25, -0.2) is 14.4 Å². The number of aromatic nitrogens is 4. The van der Waals surface area contributed by atoms with E-state index in [0.717, 1.165) is 22.4 Å². The minimum absolute atomic E-state index is 0.243. The van der Waals surface area contributed by atoms with Gasteiger partial charge >= 0.3 is 0 Å². The average molecular weight is 386 g/mol. The van der Waals surface area contributed by atoms with Crippen molar-refractivity contribution in [3.63, 3.8) is 0 Å². The number of nitrogens with one attached hydrogen (secondary N) is 1. The molecule has 1 N–H and O–H groups in total. The van der Waals surface area contributed by atoms with E-state index in [-0.39, 0.29) is 18.1 Å². The van der Waals surface area contributed by atoms with E-state index < -0.39 is 0 Å². The van der Waals surface area contributed by atoms with Crippen LogP contribution >= 0.6 is 0 Å². The van der Waals surface area contributed by atoms with Crippen LogP contribution in [0.2, 0.25) is 0 Å². The normalized spacial score (nSPS) is 12.4. The molecule has 4 heterocycles. The molecule has 3 aromatic heterocycles. The van der Waals surface area contributed by atoms with Crippen molar-refractivity contribution in [2.45, 2.75) is 13.0 Å². The summed E-state index contributed by atoms with van der Waals surface area (Å²) in [6.07, 6.45) is 7.28. The van der Waals surface area contributed by atoms with E-state index >= 15 is 0 Å². The number of benzene rings is 1. The summed E-state index contributed by atoms with van der Waals surface area (Å²) in [5.74, 6) is 0.911. The van der Waals surface area contributed by atoms with Gasteiger partial charge in [0.15, 0.2) is 5.69 Å². The molecule has 0 spiro atoms. The Kier molecular flexibility index (Phi) is 4.06. The van der Waals surface area contributed by atoms with Crippen molar-refractivity contribution in [3.05, 3.63) is 71.8 Å². The van der Waals surface area contributed by atoms with Gasteiger partial charge in [0.1, 0.15) is 24.0 Å². The molecule has 0 fully saturated rings. The number of hydrogen-bond acceptors (Lipinski definition) is 6. The number of fused-ring (bicyclic) bond motifs is 2. The number of nitriles is 1. The predicted molar refractivity (Wildman–Crippen MR) is 104 cm³/mol. The lowest BCUT2D eigenvalue weighted by atomic mass is 10.0. The lowest BCUT2D eigenvalue weighted by Crippen LogP contribution is -2.09. The monoisotopic (exact) mass is 386 g/mol. The molecule has 1 aliphatic heterocycles. The Bertz CT molecular complexity index is 1260. The number of nitrogens with zero attached hydrogens (tertiary/aromatic N) is 5. The van der Waals surface area contributed by atoms with E-state index in [1.165, 1.54) is 12.4 Å². The molecule has 0 unspecified atom stereocenters. The highest BCUT2D eigenvalue weighted by Gasteiger charge is 2.20. The Balaban J connectivity index is 1.56. The molecule has 142 valence electrons. The van der Waals surface area contributed by atoms with Gasteiger partial charge in [0.25, 0.3) is 0 Å². The molecule has 1 aliphatic rings. The summed E-state index contributed by atoms with van der Waals surface area (Å²) < 4.78 is 21.7. The van der Waals surface area contributed by atoms with Gasteiger partial charge < -0.3 is 10.1 Å². The second-order valence-electron chi connectivity index (χ2n) is 6.62. The zero-order valence-corrected chi connectivity index (χ0v) is 15.3. The van der Waals surface area contributed by atoms with Crippen molar-refractivity contribution in [1.29, 1.82) is 5.26 Å². The van der Waals surface area contributed by atoms with Crippen LogP contribution in [0.25, 0.3) is 16.6 Å². The predicted octanol–water partition coefficient (Wildman–Crippen LogP) is 3.35. The number of halogens is 1. The maximum atomic E-state index is 14.4. The quantitative estimate of drug-likeness (QED) is 0.579. The van der Waals surface area contributed by atoms with Crippen LogP contribution in [-0.2, 0) is 13.0 Å². The summed E-state index contributed by atoms with van der Waals surface area (Å²) in [7, 11) is 0. The molecule has 0 amide bonds. The molecular formula is C21H15FN6O. The maximum Gasteiger partial charge on any atom is 0.209 e. The number of pyridine rings is 1. The zero-order valence-electron chi connectivity index (χ0n) is 15.3. The Morgan fingerprint density at radius 3 is 3.00 bits per heavy atom. The fourth-order valence-corrected chi connectivity index (χ4v) is 3.64. The highest BCUT2D eigenvalue weighted by Crippen LogP contribution is 2.31. The zero-order chi connectivity index (χ0) is 19.8. The molecule has 7 nitrogen and oxygen atoms in total. The third-order valence-corrected chi connectivity index (χ3v) is 5.01. The maximum absolute atomic E-state index is 14.4. The van der Waals surface area contributed by atoms with Crippen LogP contribution in [0.5, 0.6) is 5.75 Å². The van der Waals surface area contributed by atoms with Crippen molar-refractivity contribution in [2.24, 2.45) is 0 Å². The summed E-state index contributed by atoms with van der Waals surface area (Å²) in [4.78, 5) is 12.8. The second-order valence-corrected chi connectivity index (χ2v) is 6.62. The highest BCUT2D eigenvalue weighted by molar-refractivity contribution is 5.83. The van der Waals surface area contributed by atoms with Gasteiger partial charge in [0, 0.05) is 53.8 Å². The standard InChI is InChI=1S/C21H15FN6O/c22-17-3-4-19-14(5-7-29-19)16(17)11-26-21-25-10-15(13-2-1-6-24-9-13)20-18(8-23)27-12-28(20)21/h1-4,6,9-10,12H,5,7,11H2,(H,25,26). The van der Waals surface area contributed by atoms with E-state index in [4.69, 9.17) is 4.74 Å². The minimum Gasteiger partial charge on any atom is -0.493 e. The summed E-state index contributed by atoms with van der Waals surface area (Å²) in [5, 5.41) is 12.7. The van der Waals surface area contributed by atoms with E-state index in [9.17, 15) is 9.65 Å². The number of imidazole rings is 1. The van der Waals surface area contributed by atoms with Crippen LogP contribution in [0.1, 0.15) is 16.8 Å². The second kappa shape index (κ2) is 6.87. The van der Waals surface area contributed by atoms with Gasteiger partial charge in [-0.2, -0.15) is 5.26 Å². The van der Waals surface area contributed by atoms with Gasteiger partial charge in [0.2, 0.25) is 5.95 Å². The molecule has 29 heavy (non-hydrogen) atoms. The fourth-order valence-electron chi connectivity index (χ4n) is 3.64. The van der Waals surface area contributed by atoms with Gasteiger partial charge in [-0.3, -0.25) is 9.38 Å². The highest BCUT2D eigenvalue weighted by atomic mass is 19.1. The summed E-state index contributed by atoms with van der Waals surface area (Å²) in [5.41, 5.74) is 3.93. The van der Waals surface area contributed by atoms with Crippen LogP contribution in [-0.4, -0.2) is 26.0 Å². The van der Waals surface area contributed by atoms with Crippen LogP contribution in [0.4, 0.5) is 10.3 Å². The third-order valence-electron chi connectivity index (χ3n) is 5.01. The first kappa shape index (κ1) is 17.1. The average Bonchev–Trinajstić information content (AvgIpc) is 3.41. The van der Waals surface area contributed by atoms with E-state index in [2.05, 4.69) is 26.3 Å². The smallest absolute Gasteiger partial charge is 0.209 e. The molecule has 0 aliphatic carbocycles. The first-order valence-electron chi connectivity index (χ1n) is 9.09. The fraction of sp³-hybridized carbons (Fsp3) is 0.143. The van der Waals surface area contributed by atoms with Crippen molar-refractivity contribution >= 4 is 11.5 Å². The molecule has 0 atom stereocenters. The molecule has 8 heteroatoms. The van der Waals surface area contributed by atoms with Crippen molar-refractivity contribution in [3.8, 4) is 22.9 Å². The van der Waals surface area contributed by atoms with Crippen LogP contribution in [0, 0.1) is 17.1 Å². The summed E-state index contributed by atoms with van der Waals surface area (Å²) >= 11 is 0. The van der Waals surface area contributed by atoms with Crippen molar-refractivity contribution < 1.29 is 9.13 Å². The number of hydrogen-bond donors (Lipinski definition) is 1. The van der Waals surface area contributed by atoms with Crippen molar-refractivity contribution in [1.82, 2.24) is 19.4 Å². The van der Waals surface area contributed by atoms with Crippen LogP contribution in [0.3, 0.4) is 0 Å². The molecule has 4 aromatic rings. The number of rotatable bonds is 4. The van der Waals surface area contributed by atoms with Crippen LogP contribution < -0.4 is 10.1 Å². The Morgan fingerprint density at radius 2 is 2.17 bits per heavy atom. The topological polar surface area (TPSA) is 88.1 Å². The van der Waals surface area contributed by atoms with Crippen LogP contribution in [0.15, 0.2) is 49.2 Å². The SMILES string of the molecule is N#Cc1ncn2c(NCc3c(F)ccc4c3CCO4)ncc(-c3cccnc3)c12. The van der Waals surface area contributed by atoms with Gasteiger partial charge in [-0.1, -0.05) is 6.07 Å². The van der Waals surface area contributed by atoms with Gasteiger partial charge in [-0.05, 0) is 18.2 Å². The summed E-state index contributed by atoms with van der Waals surface area (Å²) in [6.45, 7) is 0.800. The van der Waals surface area contributed by atoms with E-state index in [0.29, 0.717) is 30.1 Å². The Morgan fingerprint density at radius 1 is 1.24 bits per heavy atom. The summed E-state index contributed by atoms with van der Waals surface area (Å²) in [6, 6.07) is 8.92. The Labute approximate surface area is 165 Å². The number of ether oxygens (including phenoxy) is 1.